The smallest absolute Gasteiger partial charge is 0.234 e. The molecule has 0 aliphatic rings. The lowest BCUT2D eigenvalue weighted by Gasteiger charge is -2.06. The van der Waals surface area contributed by atoms with Gasteiger partial charge in [0.15, 0.2) is 5.16 Å². The molecule has 0 atom stereocenters. The Morgan fingerprint density at radius 1 is 0.750 bits per heavy atom. The highest BCUT2D eigenvalue weighted by Gasteiger charge is 2.08. The summed E-state index contributed by atoms with van der Waals surface area (Å²) in [6, 6.07) is 20.3. The molecule has 0 aliphatic heterocycles. The van der Waals surface area contributed by atoms with Crippen LogP contribution in [0.3, 0.4) is 0 Å². The average molecular weight is 411 g/mol. The summed E-state index contributed by atoms with van der Waals surface area (Å²) >= 11 is 2.57. The predicted octanol–water partition coefficient (Wildman–Crippen LogP) is 3.94. The maximum atomic E-state index is 12.0. The summed E-state index contributed by atoms with van der Waals surface area (Å²) in [4.78, 5) is 32.6. The van der Waals surface area contributed by atoms with Crippen molar-refractivity contribution in [2.75, 3.05) is 22.1 Å². The lowest BCUT2D eigenvalue weighted by atomic mass is 10.3. The first-order valence-electron chi connectivity index (χ1n) is 8.47. The summed E-state index contributed by atoms with van der Waals surface area (Å²) < 4.78 is 0. The quantitative estimate of drug-likeness (QED) is 0.332. The van der Waals surface area contributed by atoms with Crippen molar-refractivity contribution in [2.45, 2.75) is 10.2 Å². The van der Waals surface area contributed by atoms with Crippen molar-refractivity contribution in [1.82, 2.24) is 9.97 Å². The van der Waals surface area contributed by atoms with Crippen molar-refractivity contribution in [2.24, 2.45) is 0 Å². The fourth-order valence-corrected chi connectivity index (χ4v) is 3.53. The Bertz CT molecular complexity index is 851. The van der Waals surface area contributed by atoms with Crippen molar-refractivity contribution in [3.05, 3.63) is 72.9 Å². The summed E-state index contributed by atoms with van der Waals surface area (Å²) in [6.07, 6.45) is 1.63. The number of para-hydroxylation sites is 2. The van der Waals surface area contributed by atoms with Crippen molar-refractivity contribution in [1.29, 1.82) is 0 Å². The van der Waals surface area contributed by atoms with Crippen LogP contribution in [0.25, 0.3) is 0 Å². The molecule has 142 valence electrons. The van der Waals surface area contributed by atoms with Crippen LogP contribution in [0.15, 0.2) is 83.1 Å². The molecule has 2 amide bonds. The Morgan fingerprint density at radius 3 is 1.86 bits per heavy atom. The number of amides is 2. The number of thioether (sulfide) groups is 2. The summed E-state index contributed by atoms with van der Waals surface area (Å²) in [7, 11) is 0. The zero-order chi connectivity index (χ0) is 19.6. The van der Waals surface area contributed by atoms with Gasteiger partial charge in [0, 0.05) is 17.6 Å². The number of anilines is 2. The highest BCUT2D eigenvalue weighted by atomic mass is 32.2. The molecule has 8 heteroatoms. The van der Waals surface area contributed by atoms with Gasteiger partial charge in [-0.05, 0) is 30.3 Å². The zero-order valence-electron chi connectivity index (χ0n) is 14.9. The van der Waals surface area contributed by atoms with Crippen molar-refractivity contribution >= 4 is 46.7 Å². The van der Waals surface area contributed by atoms with E-state index < -0.39 is 0 Å². The van der Waals surface area contributed by atoms with Gasteiger partial charge < -0.3 is 10.6 Å². The zero-order valence-corrected chi connectivity index (χ0v) is 16.5. The van der Waals surface area contributed by atoms with E-state index in [2.05, 4.69) is 20.6 Å². The standard InChI is InChI=1S/C20H18N4O2S2/c25-17(22-15-7-3-1-4-8-15)13-27-19-11-12-21-20(24-19)28-14-18(26)23-16-9-5-2-6-10-16/h1-12H,13-14H2,(H,22,25)(H,23,26). The minimum absolute atomic E-state index is 0.105. The molecule has 0 unspecified atom stereocenters. The van der Waals surface area contributed by atoms with Gasteiger partial charge in [0.1, 0.15) is 5.03 Å². The summed E-state index contributed by atoms with van der Waals surface area (Å²) in [5, 5.41) is 6.83. The number of carbonyl (C=O) groups excluding carboxylic acids is 2. The molecule has 6 nitrogen and oxygen atoms in total. The number of rotatable bonds is 8. The molecule has 0 saturated heterocycles. The fraction of sp³-hybridized carbons (Fsp3) is 0.100. The van der Waals surface area contributed by atoms with E-state index in [1.54, 1.807) is 12.3 Å². The Kier molecular flexibility index (Phi) is 7.45. The van der Waals surface area contributed by atoms with E-state index in [0.29, 0.717) is 10.2 Å². The van der Waals surface area contributed by atoms with Crippen LogP contribution in [0.2, 0.25) is 0 Å². The lowest BCUT2D eigenvalue weighted by Crippen LogP contribution is -2.14. The first-order chi connectivity index (χ1) is 13.7. The van der Waals surface area contributed by atoms with E-state index in [4.69, 9.17) is 0 Å². The minimum atomic E-state index is -0.125. The van der Waals surface area contributed by atoms with E-state index >= 15 is 0 Å². The molecule has 2 aromatic carbocycles. The third kappa shape index (κ3) is 6.71. The van der Waals surface area contributed by atoms with Gasteiger partial charge in [-0.2, -0.15) is 0 Å². The highest BCUT2D eigenvalue weighted by molar-refractivity contribution is 8.00. The predicted molar refractivity (Wildman–Crippen MR) is 114 cm³/mol. The normalized spacial score (nSPS) is 10.3. The number of aromatic nitrogens is 2. The van der Waals surface area contributed by atoms with Crippen LogP contribution in [0.1, 0.15) is 0 Å². The van der Waals surface area contributed by atoms with E-state index in [-0.39, 0.29) is 23.3 Å². The molecule has 0 saturated carbocycles. The van der Waals surface area contributed by atoms with Crippen molar-refractivity contribution in [3.8, 4) is 0 Å². The van der Waals surface area contributed by atoms with Gasteiger partial charge in [0.2, 0.25) is 11.8 Å². The van der Waals surface area contributed by atoms with Crippen LogP contribution in [-0.4, -0.2) is 33.3 Å². The van der Waals surface area contributed by atoms with Crippen LogP contribution < -0.4 is 10.6 Å². The molecule has 0 bridgehead atoms. The molecule has 28 heavy (non-hydrogen) atoms. The largest absolute Gasteiger partial charge is 0.325 e. The second-order valence-corrected chi connectivity index (χ2v) is 7.52. The van der Waals surface area contributed by atoms with Crippen LogP contribution in [-0.2, 0) is 9.59 Å². The van der Waals surface area contributed by atoms with Gasteiger partial charge >= 0.3 is 0 Å². The number of benzene rings is 2. The van der Waals surface area contributed by atoms with Gasteiger partial charge in [-0.25, -0.2) is 9.97 Å². The van der Waals surface area contributed by atoms with Crippen LogP contribution in [0.4, 0.5) is 11.4 Å². The third-order valence-corrected chi connectivity index (χ3v) is 5.20. The molecule has 3 aromatic rings. The maximum absolute atomic E-state index is 12.0. The average Bonchev–Trinajstić information content (AvgIpc) is 2.73. The first kappa shape index (κ1) is 19.9. The minimum Gasteiger partial charge on any atom is -0.325 e. The van der Waals surface area contributed by atoms with Crippen LogP contribution in [0, 0.1) is 0 Å². The maximum Gasteiger partial charge on any atom is 0.234 e. The van der Waals surface area contributed by atoms with Crippen molar-refractivity contribution < 1.29 is 9.59 Å². The van der Waals surface area contributed by atoms with E-state index in [0.717, 1.165) is 11.4 Å². The molecule has 2 N–H and O–H groups in total. The van der Waals surface area contributed by atoms with Crippen molar-refractivity contribution in [3.63, 3.8) is 0 Å². The first-order valence-corrected chi connectivity index (χ1v) is 10.4. The number of hydrogen-bond donors (Lipinski definition) is 2. The Morgan fingerprint density at radius 2 is 1.29 bits per heavy atom. The molecule has 0 spiro atoms. The summed E-state index contributed by atoms with van der Waals surface area (Å²) in [6.45, 7) is 0. The van der Waals surface area contributed by atoms with E-state index in [9.17, 15) is 9.59 Å². The Hall–Kier alpha value is -2.84. The molecule has 1 aromatic heterocycles. The van der Waals surface area contributed by atoms with Gasteiger partial charge in [0.25, 0.3) is 0 Å². The van der Waals surface area contributed by atoms with Crippen LogP contribution in [0.5, 0.6) is 0 Å². The molecule has 0 fully saturated rings. The summed E-state index contributed by atoms with van der Waals surface area (Å²) in [5.41, 5.74) is 1.51. The molecular formula is C20H18N4O2S2. The lowest BCUT2D eigenvalue weighted by molar-refractivity contribution is -0.114. The SMILES string of the molecule is O=C(CSc1ccnc(SCC(=O)Nc2ccccc2)n1)Nc1ccccc1. The monoisotopic (exact) mass is 410 g/mol. The second-order valence-electron chi connectivity index (χ2n) is 5.58. The van der Waals surface area contributed by atoms with Gasteiger partial charge in [-0.15, -0.1) is 0 Å². The Labute approximate surface area is 171 Å². The van der Waals surface area contributed by atoms with Gasteiger partial charge in [0.05, 0.1) is 11.5 Å². The number of carbonyl (C=O) groups is 2. The molecular weight excluding hydrogens is 392 g/mol. The third-order valence-electron chi connectivity index (χ3n) is 3.41. The number of nitrogens with zero attached hydrogens (tertiary/aromatic N) is 2. The molecule has 3 rings (SSSR count). The van der Waals surface area contributed by atoms with E-state index in [1.807, 2.05) is 60.7 Å². The Balaban J connectivity index is 1.45. The van der Waals surface area contributed by atoms with E-state index in [1.165, 1.54) is 23.5 Å². The topological polar surface area (TPSA) is 84.0 Å². The molecule has 1 heterocycles. The number of nitrogens with one attached hydrogen (secondary N) is 2. The fourth-order valence-electron chi connectivity index (χ4n) is 2.18. The highest BCUT2D eigenvalue weighted by Crippen LogP contribution is 2.20. The molecule has 0 radical (unpaired) electrons. The summed E-state index contributed by atoms with van der Waals surface area (Å²) in [5.74, 6) is 0.216. The second kappa shape index (κ2) is 10.5. The van der Waals surface area contributed by atoms with Crippen LogP contribution >= 0.6 is 23.5 Å². The molecule has 0 aliphatic carbocycles. The van der Waals surface area contributed by atoms with Gasteiger partial charge in [-0.1, -0.05) is 59.9 Å². The number of hydrogen-bond acceptors (Lipinski definition) is 6. The van der Waals surface area contributed by atoms with Gasteiger partial charge in [-0.3, -0.25) is 9.59 Å².